The van der Waals surface area contributed by atoms with E-state index >= 15 is 0 Å². The third-order valence-electron chi connectivity index (χ3n) is 12.2. The molecule has 3 aliphatic rings. The predicted molar refractivity (Wildman–Crippen MR) is 213 cm³/mol. The highest BCUT2D eigenvalue weighted by Crippen LogP contribution is 2.41. The van der Waals surface area contributed by atoms with Crippen LogP contribution in [-0.2, 0) is 31.4 Å². The normalized spacial score (nSPS) is 21.6. The number of aliphatic hydroxyl groups is 1. The van der Waals surface area contributed by atoms with Crippen molar-refractivity contribution in [1.29, 1.82) is 5.26 Å². The summed E-state index contributed by atoms with van der Waals surface area (Å²) in [6.07, 6.45) is 4.39. The maximum absolute atomic E-state index is 13.8. The number of carbonyl (C=O) groups excluding carboxylic acids is 1. The van der Waals surface area contributed by atoms with Crippen molar-refractivity contribution in [3.8, 4) is 28.7 Å². The first-order chi connectivity index (χ1) is 26.9. The topological polar surface area (TPSA) is 161 Å². The van der Waals surface area contributed by atoms with Crippen LogP contribution in [0.15, 0.2) is 52.9 Å². The minimum Gasteiger partial charge on any atom is -0.481 e. The van der Waals surface area contributed by atoms with Gasteiger partial charge in [0.25, 0.3) is 5.91 Å². The van der Waals surface area contributed by atoms with Gasteiger partial charge < -0.3 is 24.5 Å². The number of hydrogen-bond acceptors (Lipinski definition) is 9. The van der Waals surface area contributed by atoms with E-state index in [2.05, 4.69) is 21.2 Å². The summed E-state index contributed by atoms with van der Waals surface area (Å²) in [6, 6.07) is 17.4. The second-order valence-electron chi connectivity index (χ2n) is 16.1. The lowest BCUT2D eigenvalue weighted by Gasteiger charge is -2.37. The molecule has 290 valence electrons. The number of likely N-dealkylation sites (tertiary alicyclic amines) is 1. The number of nitrogens with zero attached hydrogens (tertiary/aromatic N) is 6. The van der Waals surface area contributed by atoms with Crippen LogP contribution in [0.1, 0.15) is 77.7 Å². The Kier molecular flexibility index (Phi) is 10.2. The number of nitrogens with one attached hydrogen (secondary N) is 1. The van der Waals surface area contributed by atoms with Crippen LogP contribution in [-0.4, -0.2) is 78.7 Å². The molecule has 3 N–H and O–H groups in total. The minimum atomic E-state index is -0.700. The van der Waals surface area contributed by atoms with Crippen LogP contribution in [0.2, 0.25) is 5.02 Å². The highest BCUT2D eigenvalue weighted by Gasteiger charge is 2.38. The Bertz CT molecular complexity index is 2390. The van der Waals surface area contributed by atoms with Crippen molar-refractivity contribution in [3.05, 3.63) is 87.5 Å². The van der Waals surface area contributed by atoms with E-state index in [1.165, 1.54) is 0 Å². The lowest BCUT2D eigenvalue weighted by Crippen LogP contribution is -2.39. The van der Waals surface area contributed by atoms with Crippen LogP contribution in [0, 0.1) is 29.6 Å². The smallest absolute Gasteiger partial charge is 0.309 e. The molecule has 1 amide bonds. The monoisotopic (exact) mass is 775 g/mol. The van der Waals surface area contributed by atoms with Crippen LogP contribution >= 0.6 is 11.6 Å². The van der Waals surface area contributed by atoms with Crippen LogP contribution in [0.25, 0.3) is 33.7 Å². The number of benzene rings is 3. The van der Waals surface area contributed by atoms with Gasteiger partial charge in [-0.25, -0.2) is 9.97 Å². The van der Waals surface area contributed by atoms with E-state index in [4.69, 9.17) is 26.0 Å². The zero-order valence-corrected chi connectivity index (χ0v) is 32.7. The van der Waals surface area contributed by atoms with Gasteiger partial charge in [-0.15, -0.1) is 0 Å². The summed E-state index contributed by atoms with van der Waals surface area (Å²) in [5.41, 5.74) is 7.36. The van der Waals surface area contributed by atoms with Crippen LogP contribution in [0.3, 0.4) is 0 Å². The molecule has 1 saturated carbocycles. The van der Waals surface area contributed by atoms with Gasteiger partial charge in [-0.1, -0.05) is 35.9 Å². The third-order valence-corrected chi connectivity index (χ3v) is 12.6. The van der Waals surface area contributed by atoms with Crippen LogP contribution < -0.4 is 5.32 Å². The second kappa shape index (κ2) is 15.1. The van der Waals surface area contributed by atoms with Crippen molar-refractivity contribution in [2.75, 3.05) is 31.5 Å². The Morgan fingerprint density at radius 2 is 1.80 bits per heavy atom. The number of carboxylic acid groups (broad SMARTS) is 1. The summed E-state index contributed by atoms with van der Waals surface area (Å²) >= 11 is 7.06. The molecule has 1 saturated heterocycles. The number of rotatable bonds is 9. The first-order valence-electron chi connectivity index (χ1n) is 19.3. The highest BCUT2D eigenvalue weighted by atomic mass is 35.5. The van der Waals surface area contributed by atoms with Gasteiger partial charge in [0.2, 0.25) is 5.89 Å². The van der Waals surface area contributed by atoms with Gasteiger partial charge in [-0.2, -0.15) is 5.26 Å². The quantitative estimate of drug-likeness (QED) is 0.140. The van der Waals surface area contributed by atoms with E-state index in [1.54, 1.807) is 6.07 Å². The molecule has 0 bridgehead atoms. The number of carbonyl (C=O) groups is 2. The summed E-state index contributed by atoms with van der Waals surface area (Å²) in [5.74, 6) is 0.116. The van der Waals surface area contributed by atoms with Gasteiger partial charge in [-0.3, -0.25) is 19.4 Å². The Morgan fingerprint density at radius 3 is 2.54 bits per heavy atom. The molecule has 0 radical (unpaired) electrons. The minimum absolute atomic E-state index is 0.320. The number of anilines is 1. The maximum atomic E-state index is 13.8. The maximum Gasteiger partial charge on any atom is 0.309 e. The number of nitriles is 1. The van der Waals surface area contributed by atoms with Crippen LogP contribution in [0.5, 0.6) is 0 Å². The zero-order valence-electron chi connectivity index (χ0n) is 31.9. The summed E-state index contributed by atoms with van der Waals surface area (Å²) in [6.45, 7) is 8.26. The summed E-state index contributed by atoms with van der Waals surface area (Å²) < 4.78 is 8.12. The first-order valence-corrected chi connectivity index (χ1v) is 19.7. The lowest BCUT2D eigenvalue weighted by atomic mass is 9.71. The molecule has 8 rings (SSSR count). The first kappa shape index (κ1) is 37.8. The molecule has 56 heavy (non-hydrogen) atoms. The number of amides is 1. The SMILES string of the molecule is Cc1c(-c2nc3cc(CN4CC[C@@H](O)C4)cc(C#N)c3o2)cccc1-c1cccc(NC(=O)c2nc3c(n2C)CCN(CC2CCC(C)(C(=O)O)CC2)C3)c1Cl. The fraction of sp³-hybridized carbons (Fsp3) is 0.419. The molecule has 4 heterocycles. The molecule has 5 aromatic rings. The Labute approximate surface area is 330 Å². The molecule has 0 spiro atoms. The number of oxazole rings is 1. The van der Waals surface area contributed by atoms with E-state index in [1.807, 2.05) is 67.9 Å². The Balaban J connectivity index is 0.989. The van der Waals surface area contributed by atoms with Crippen molar-refractivity contribution in [3.63, 3.8) is 0 Å². The number of imidazole rings is 1. The van der Waals surface area contributed by atoms with E-state index in [0.29, 0.717) is 77.5 Å². The standard InChI is InChI=1S/C43H46ClN7O5/c1-25-30(6-4-7-31(25)41-48-34-19-27(18-28(20-45)38(34)56-41)22-50-16-12-29(52)23-50)32-8-5-9-33(37(32)44)47-40(53)39-46-35-24-51(17-13-36(35)49(39)3)21-26-10-14-43(2,15-11-26)42(54)55/h4-9,18-19,26,29,52H,10-17,21-24H2,1-3H3,(H,47,53)(H,54,55)/t26?,29-,43?/m1/s1. The van der Waals surface area contributed by atoms with Gasteiger partial charge in [0.1, 0.15) is 11.6 Å². The number of aliphatic hydroxyl groups excluding tert-OH is 1. The van der Waals surface area contributed by atoms with Gasteiger partial charge in [0.05, 0.1) is 33.5 Å². The largest absolute Gasteiger partial charge is 0.481 e. The number of fused-ring (bicyclic) bond motifs is 2. The molecule has 2 aromatic heterocycles. The summed E-state index contributed by atoms with van der Waals surface area (Å²) in [4.78, 5) is 39.7. The van der Waals surface area contributed by atoms with Crippen molar-refractivity contribution in [2.45, 2.75) is 71.6 Å². The average molecular weight is 776 g/mol. The summed E-state index contributed by atoms with van der Waals surface area (Å²) in [5, 5.41) is 33.0. The van der Waals surface area contributed by atoms with Crippen molar-refractivity contribution in [2.24, 2.45) is 18.4 Å². The third kappa shape index (κ3) is 7.21. The zero-order chi connectivity index (χ0) is 39.3. The predicted octanol–water partition coefficient (Wildman–Crippen LogP) is 7.19. The van der Waals surface area contributed by atoms with Gasteiger partial charge >= 0.3 is 5.97 Å². The Hall–Kier alpha value is -5.06. The molecule has 13 heteroatoms. The molecule has 1 atom stereocenters. The number of halogens is 1. The van der Waals surface area contributed by atoms with Crippen molar-refractivity contribution in [1.82, 2.24) is 24.3 Å². The number of carboxylic acids is 1. The molecule has 0 unspecified atom stereocenters. The number of aliphatic carboxylic acids is 1. The van der Waals surface area contributed by atoms with Crippen molar-refractivity contribution >= 4 is 40.3 Å². The lowest BCUT2D eigenvalue weighted by molar-refractivity contribution is -0.150. The second-order valence-corrected chi connectivity index (χ2v) is 16.5. The van der Waals surface area contributed by atoms with Gasteiger partial charge in [0, 0.05) is 69.6 Å². The summed E-state index contributed by atoms with van der Waals surface area (Å²) in [7, 11) is 1.88. The molecule has 2 fully saturated rings. The molecule has 1 aliphatic carbocycles. The average Bonchev–Trinajstić information content (AvgIpc) is 3.89. The molecule has 3 aromatic carbocycles. The van der Waals surface area contributed by atoms with E-state index < -0.39 is 11.4 Å². The van der Waals surface area contributed by atoms with E-state index in [0.717, 1.165) is 84.5 Å². The number of aromatic nitrogens is 3. The Morgan fingerprint density at radius 1 is 1.05 bits per heavy atom. The molecule has 2 aliphatic heterocycles. The fourth-order valence-corrected chi connectivity index (χ4v) is 9.06. The van der Waals surface area contributed by atoms with E-state index in [-0.39, 0.29) is 12.0 Å². The van der Waals surface area contributed by atoms with Gasteiger partial charge in [-0.05, 0) is 92.8 Å². The van der Waals surface area contributed by atoms with Gasteiger partial charge in [0.15, 0.2) is 11.4 Å². The van der Waals surface area contributed by atoms with Crippen molar-refractivity contribution < 1.29 is 24.2 Å². The number of β-amino-alcohol motifs (C(OH)–C–C–N with tert-alkyl or cyclic N) is 1. The number of hydrogen-bond donors (Lipinski definition) is 3. The highest BCUT2D eigenvalue weighted by molar-refractivity contribution is 6.36. The molecular formula is C43H46ClN7O5. The molecule has 12 nitrogen and oxygen atoms in total. The van der Waals surface area contributed by atoms with E-state index in [9.17, 15) is 25.1 Å². The molecular weight excluding hydrogens is 730 g/mol. The fourth-order valence-electron chi connectivity index (χ4n) is 8.79. The van der Waals surface area contributed by atoms with Crippen LogP contribution in [0.4, 0.5) is 5.69 Å².